The molecule has 0 saturated heterocycles. The molecule has 74 valence electrons. The number of pyridine rings is 1. The van der Waals surface area contributed by atoms with Crippen LogP contribution in [0.4, 0.5) is 8.78 Å². The van der Waals surface area contributed by atoms with Gasteiger partial charge in [0.1, 0.15) is 10.7 Å². The lowest BCUT2D eigenvalue weighted by molar-refractivity contribution is 0.149. The van der Waals surface area contributed by atoms with E-state index in [-0.39, 0.29) is 27.2 Å². The van der Waals surface area contributed by atoms with Crippen molar-refractivity contribution < 1.29 is 8.78 Å². The van der Waals surface area contributed by atoms with E-state index in [1.165, 1.54) is 6.20 Å². The fourth-order valence-electron chi connectivity index (χ4n) is 1.00. The second-order valence-corrected chi connectivity index (χ2v) is 3.42. The van der Waals surface area contributed by atoms with Gasteiger partial charge in [-0.05, 0) is 21.5 Å². The summed E-state index contributed by atoms with van der Waals surface area (Å²) in [6, 6.07) is 1.77. The number of hydrogen-bond acceptors (Lipinski definition) is 2. The van der Waals surface area contributed by atoms with E-state index in [4.69, 9.17) is 16.9 Å². The molecular formula is C8H4BrClF2N2. The zero-order chi connectivity index (χ0) is 10.7. The van der Waals surface area contributed by atoms with E-state index in [1.54, 1.807) is 6.07 Å². The molecule has 2 nitrogen and oxygen atoms in total. The second kappa shape index (κ2) is 4.67. The van der Waals surface area contributed by atoms with E-state index in [9.17, 15) is 8.78 Å². The highest BCUT2D eigenvalue weighted by Crippen LogP contribution is 2.31. The lowest BCUT2D eigenvalue weighted by Crippen LogP contribution is -2.00. The summed E-state index contributed by atoms with van der Waals surface area (Å²) in [5.74, 6) is -0.135. The first-order valence-corrected chi connectivity index (χ1v) is 4.86. The molecule has 0 saturated carbocycles. The van der Waals surface area contributed by atoms with Crippen molar-refractivity contribution in [1.29, 1.82) is 5.26 Å². The third-order valence-corrected chi connectivity index (χ3v) is 2.55. The van der Waals surface area contributed by atoms with Gasteiger partial charge in [0.15, 0.2) is 0 Å². The van der Waals surface area contributed by atoms with Crippen LogP contribution in [0, 0.1) is 11.3 Å². The molecular weight excluding hydrogens is 277 g/mol. The van der Waals surface area contributed by atoms with Gasteiger partial charge in [-0.1, -0.05) is 0 Å². The molecule has 0 radical (unpaired) electrons. The summed E-state index contributed by atoms with van der Waals surface area (Å²) in [4.78, 5) is 3.64. The maximum Gasteiger partial charge on any atom is 0.266 e. The van der Waals surface area contributed by atoms with Gasteiger partial charge in [0.05, 0.1) is 11.1 Å². The van der Waals surface area contributed by atoms with Gasteiger partial charge in [-0.3, -0.25) is 0 Å². The Balaban J connectivity index is 3.45. The minimum Gasteiger partial charge on any atom is -0.247 e. The lowest BCUT2D eigenvalue weighted by Gasteiger charge is -2.08. The number of nitriles is 1. The predicted octanol–water partition coefficient (Wildman–Crippen LogP) is 3.39. The Morgan fingerprint density at radius 2 is 2.29 bits per heavy atom. The maximum atomic E-state index is 12.6. The van der Waals surface area contributed by atoms with E-state index in [0.717, 1.165) is 0 Å². The summed E-state index contributed by atoms with van der Waals surface area (Å²) in [6.45, 7) is 0. The number of hydrogen-bond donors (Lipinski definition) is 0. The van der Waals surface area contributed by atoms with Crippen molar-refractivity contribution in [3.63, 3.8) is 0 Å². The van der Waals surface area contributed by atoms with Gasteiger partial charge in [0, 0.05) is 12.1 Å². The topological polar surface area (TPSA) is 36.7 Å². The molecule has 0 unspecified atom stereocenters. The first-order valence-electron chi connectivity index (χ1n) is 3.53. The molecule has 0 aromatic carbocycles. The van der Waals surface area contributed by atoms with Gasteiger partial charge in [-0.15, -0.1) is 11.6 Å². The SMILES string of the molecule is N#Cc1cnc(Br)c(C(F)F)c1CCl. The molecule has 14 heavy (non-hydrogen) atoms. The van der Waals surface area contributed by atoms with Crippen LogP contribution in [0.3, 0.4) is 0 Å². The van der Waals surface area contributed by atoms with Crippen LogP contribution >= 0.6 is 27.5 Å². The molecule has 1 rings (SSSR count). The average molecular weight is 281 g/mol. The Morgan fingerprint density at radius 1 is 1.64 bits per heavy atom. The van der Waals surface area contributed by atoms with E-state index in [1.807, 2.05) is 0 Å². The van der Waals surface area contributed by atoms with Crippen LogP contribution in [-0.2, 0) is 5.88 Å². The van der Waals surface area contributed by atoms with Crippen molar-refractivity contribution in [3.8, 4) is 6.07 Å². The molecule has 1 heterocycles. The van der Waals surface area contributed by atoms with Crippen molar-refractivity contribution >= 4 is 27.5 Å². The minimum atomic E-state index is -2.70. The van der Waals surface area contributed by atoms with E-state index in [2.05, 4.69) is 20.9 Å². The number of halogens is 4. The Hall–Kier alpha value is -0.730. The molecule has 1 aromatic heterocycles. The van der Waals surface area contributed by atoms with Crippen molar-refractivity contribution in [2.45, 2.75) is 12.3 Å². The first kappa shape index (κ1) is 11.3. The minimum absolute atomic E-state index is 0.0298. The summed E-state index contributed by atoms with van der Waals surface area (Å²) in [5, 5.41) is 8.64. The summed E-state index contributed by atoms with van der Waals surface area (Å²) in [6.07, 6.45) is -1.48. The molecule has 0 atom stereocenters. The Labute approximate surface area is 92.6 Å². The Bertz CT molecular complexity index is 390. The third kappa shape index (κ3) is 2.02. The molecule has 0 aliphatic heterocycles. The van der Waals surface area contributed by atoms with Crippen LogP contribution in [-0.4, -0.2) is 4.98 Å². The predicted molar refractivity (Wildman–Crippen MR) is 51.2 cm³/mol. The zero-order valence-corrected chi connectivity index (χ0v) is 9.11. The molecule has 0 aliphatic rings. The molecule has 0 fully saturated rings. The molecule has 0 N–H and O–H groups in total. The normalized spacial score (nSPS) is 10.3. The number of nitrogens with zero attached hydrogens (tertiary/aromatic N) is 2. The van der Waals surface area contributed by atoms with Crippen LogP contribution in [0.1, 0.15) is 23.1 Å². The smallest absolute Gasteiger partial charge is 0.247 e. The highest BCUT2D eigenvalue weighted by atomic mass is 79.9. The monoisotopic (exact) mass is 280 g/mol. The van der Waals surface area contributed by atoms with E-state index < -0.39 is 6.43 Å². The highest BCUT2D eigenvalue weighted by Gasteiger charge is 2.20. The Morgan fingerprint density at radius 3 is 2.71 bits per heavy atom. The van der Waals surface area contributed by atoms with Crippen LogP contribution in [0.2, 0.25) is 0 Å². The van der Waals surface area contributed by atoms with Crippen LogP contribution < -0.4 is 0 Å². The van der Waals surface area contributed by atoms with Crippen molar-refractivity contribution in [1.82, 2.24) is 4.98 Å². The van der Waals surface area contributed by atoms with Crippen molar-refractivity contribution in [2.75, 3.05) is 0 Å². The van der Waals surface area contributed by atoms with Gasteiger partial charge >= 0.3 is 0 Å². The summed E-state index contributed by atoms with van der Waals surface area (Å²) >= 11 is 8.39. The average Bonchev–Trinajstić information content (AvgIpc) is 2.16. The molecule has 0 spiro atoms. The van der Waals surface area contributed by atoms with Crippen molar-refractivity contribution in [3.05, 3.63) is 27.5 Å². The summed E-state index contributed by atoms with van der Waals surface area (Å²) in [5.41, 5.74) is -0.0939. The highest BCUT2D eigenvalue weighted by molar-refractivity contribution is 9.10. The molecule has 0 aliphatic carbocycles. The van der Waals surface area contributed by atoms with Crippen LogP contribution in [0.5, 0.6) is 0 Å². The standard InChI is InChI=1S/C8H4BrClF2N2/c9-7-6(8(11)12)5(1-10)4(2-13)3-14-7/h3,8H,1H2. The van der Waals surface area contributed by atoms with Gasteiger partial charge in [-0.2, -0.15) is 5.26 Å². The first-order chi connectivity index (χ1) is 6.61. The number of alkyl halides is 3. The fraction of sp³-hybridized carbons (Fsp3) is 0.250. The third-order valence-electron chi connectivity index (χ3n) is 1.65. The van der Waals surface area contributed by atoms with Gasteiger partial charge in [0.25, 0.3) is 6.43 Å². The zero-order valence-electron chi connectivity index (χ0n) is 6.77. The molecule has 1 aromatic rings. The molecule has 0 amide bonds. The summed E-state index contributed by atoms with van der Waals surface area (Å²) < 4.78 is 25.1. The van der Waals surface area contributed by atoms with Crippen LogP contribution in [0.15, 0.2) is 10.8 Å². The lowest BCUT2D eigenvalue weighted by atomic mass is 10.1. The van der Waals surface area contributed by atoms with Gasteiger partial charge in [0.2, 0.25) is 0 Å². The number of rotatable bonds is 2. The molecule has 0 bridgehead atoms. The van der Waals surface area contributed by atoms with E-state index >= 15 is 0 Å². The largest absolute Gasteiger partial charge is 0.266 e. The van der Waals surface area contributed by atoms with Gasteiger partial charge < -0.3 is 0 Å². The van der Waals surface area contributed by atoms with E-state index in [0.29, 0.717) is 0 Å². The maximum absolute atomic E-state index is 12.6. The Kier molecular flexibility index (Phi) is 3.78. The molecule has 6 heteroatoms. The van der Waals surface area contributed by atoms with Crippen molar-refractivity contribution in [2.24, 2.45) is 0 Å². The number of aromatic nitrogens is 1. The summed E-state index contributed by atoms with van der Waals surface area (Å²) in [7, 11) is 0. The van der Waals surface area contributed by atoms with Gasteiger partial charge in [-0.25, -0.2) is 13.8 Å². The van der Waals surface area contributed by atoms with Crippen LogP contribution in [0.25, 0.3) is 0 Å². The fourth-order valence-corrected chi connectivity index (χ4v) is 1.80. The quantitative estimate of drug-likeness (QED) is 0.615. The second-order valence-electron chi connectivity index (χ2n) is 2.40.